The van der Waals surface area contributed by atoms with Gasteiger partial charge in [0.2, 0.25) is 0 Å². The van der Waals surface area contributed by atoms with Crippen molar-refractivity contribution in [3.63, 3.8) is 0 Å². The molecule has 1 aromatic carbocycles. The maximum atomic E-state index is 12.3. The Morgan fingerprint density at radius 2 is 1.95 bits per heavy atom. The molecule has 106 valence electrons. The van der Waals surface area contributed by atoms with Crippen LogP contribution in [0.25, 0.3) is 0 Å². The Kier molecular flexibility index (Phi) is 3.73. The Hall–Kier alpha value is -1.27. The van der Waals surface area contributed by atoms with Crippen LogP contribution < -0.4 is 4.74 Å². The largest absolute Gasteiger partial charge is 0.573 e. The van der Waals surface area contributed by atoms with Crippen LogP contribution in [0.5, 0.6) is 5.75 Å². The summed E-state index contributed by atoms with van der Waals surface area (Å²) in [6, 6.07) is 5.66. The smallest absolute Gasteiger partial charge is 0.405 e. The molecule has 19 heavy (non-hydrogen) atoms. The van der Waals surface area contributed by atoms with E-state index in [1.807, 2.05) is 6.92 Å². The van der Waals surface area contributed by atoms with Gasteiger partial charge in [-0.2, -0.15) is 0 Å². The summed E-state index contributed by atoms with van der Waals surface area (Å²) in [5.74, 6) is -0.354. The molecule has 1 aliphatic carbocycles. The number of rotatable bonds is 4. The molecule has 0 unspecified atom stereocenters. The third kappa shape index (κ3) is 3.19. The van der Waals surface area contributed by atoms with E-state index in [2.05, 4.69) is 4.74 Å². The van der Waals surface area contributed by atoms with Crippen LogP contribution in [0.15, 0.2) is 24.3 Å². The molecular formula is C13H15F3O3. The van der Waals surface area contributed by atoms with Crippen molar-refractivity contribution in [1.82, 2.24) is 0 Å². The Bertz CT molecular complexity index is 439. The Balaban J connectivity index is 2.17. The third-order valence-corrected chi connectivity index (χ3v) is 3.15. The molecule has 0 heterocycles. The van der Waals surface area contributed by atoms with Crippen molar-refractivity contribution in [1.29, 1.82) is 0 Å². The van der Waals surface area contributed by atoms with E-state index in [0.717, 1.165) is 0 Å². The van der Waals surface area contributed by atoms with Crippen molar-refractivity contribution in [2.45, 2.75) is 37.8 Å². The van der Waals surface area contributed by atoms with E-state index in [4.69, 9.17) is 4.74 Å². The van der Waals surface area contributed by atoms with Crippen molar-refractivity contribution < 1.29 is 27.8 Å². The van der Waals surface area contributed by atoms with Crippen LogP contribution in [0.1, 0.15) is 25.3 Å². The summed E-state index contributed by atoms with van der Waals surface area (Å²) in [5, 5.41) is 10.3. The zero-order chi connectivity index (χ0) is 14.1. The fraction of sp³-hybridized carbons (Fsp3) is 0.538. The number of ether oxygens (including phenoxy) is 2. The first-order chi connectivity index (χ1) is 8.84. The molecule has 2 rings (SSSR count). The van der Waals surface area contributed by atoms with Gasteiger partial charge in [-0.05, 0) is 13.0 Å². The quantitative estimate of drug-likeness (QED) is 0.918. The first-order valence-corrected chi connectivity index (χ1v) is 6.03. The maximum Gasteiger partial charge on any atom is 0.573 e. The fourth-order valence-electron chi connectivity index (χ4n) is 2.33. The number of benzene rings is 1. The lowest BCUT2D eigenvalue weighted by molar-refractivity contribution is -0.275. The highest BCUT2D eigenvalue weighted by molar-refractivity contribution is 5.40. The molecule has 0 radical (unpaired) electrons. The zero-order valence-electron chi connectivity index (χ0n) is 10.4. The van der Waals surface area contributed by atoms with Gasteiger partial charge in [0.15, 0.2) is 0 Å². The third-order valence-electron chi connectivity index (χ3n) is 3.15. The van der Waals surface area contributed by atoms with Gasteiger partial charge in [-0.3, -0.25) is 0 Å². The van der Waals surface area contributed by atoms with Crippen molar-refractivity contribution in [2.75, 3.05) is 6.61 Å². The standard InChI is InChI=1S/C13H15F3O3/c1-2-18-9-7-12(17,8-9)10-5-3-4-6-11(10)19-13(14,15)16/h3-6,9,17H,2,7-8H2,1H3. The molecule has 0 atom stereocenters. The van der Waals surface area contributed by atoms with Gasteiger partial charge in [-0.15, -0.1) is 13.2 Å². The Morgan fingerprint density at radius 3 is 2.53 bits per heavy atom. The van der Waals surface area contributed by atoms with Crippen LogP contribution in [0.2, 0.25) is 0 Å². The average molecular weight is 276 g/mol. The molecular weight excluding hydrogens is 261 g/mol. The first-order valence-electron chi connectivity index (χ1n) is 6.03. The summed E-state index contributed by atoms with van der Waals surface area (Å²) in [6.45, 7) is 2.35. The summed E-state index contributed by atoms with van der Waals surface area (Å²) in [4.78, 5) is 0. The second kappa shape index (κ2) is 5.02. The molecule has 0 bridgehead atoms. The van der Waals surface area contributed by atoms with Gasteiger partial charge < -0.3 is 14.6 Å². The Morgan fingerprint density at radius 1 is 1.32 bits per heavy atom. The van der Waals surface area contributed by atoms with Gasteiger partial charge >= 0.3 is 6.36 Å². The number of hydrogen-bond acceptors (Lipinski definition) is 3. The molecule has 0 amide bonds. The summed E-state index contributed by atoms with van der Waals surface area (Å²) in [7, 11) is 0. The lowest BCUT2D eigenvalue weighted by Crippen LogP contribution is -2.46. The van der Waals surface area contributed by atoms with Crippen LogP contribution in [0.3, 0.4) is 0 Å². The van der Waals surface area contributed by atoms with E-state index in [1.165, 1.54) is 18.2 Å². The highest BCUT2D eigenvalue weighted by atomic mass is 19.4. The minimum atomic E-state index is -4.77. The van der Waals surface area contributed by atoms with Gasteiger partial charge in [0, 0.05) is 25.0 Å². The zero-order valence-corrected chi connectivity index (χ0v) is 10.4. The van der Waals surface area contributed by atoms with Gasteiger partial charge in [-0.25, -0.2) is 0 Å². The molecule has 6 heteroatoms. The SMILES string of the molecule is CCOC1CC(O)(c2ccccc2OC(F)(F)F)C1. The van der Waals surface area contributed by atoms with Crippen molar-refractivity contribution in [3.05, 3.63) is 29.8 Å². The second-order valence-corrected chi connectivity index (χ2v) is 4.56. The first kappa shape index (κ1) is 14.1. The molecule has 1 saturated carbocycles. The van der Waals surface area contributed by atoms with Crippen molar-refractivity contribution in [3.8, 4) is 5.75 Å². The lowest BCUT2D eigenvalue weighted by atomic mass is 9.72. The normalized spacial score (nSPS) is 26.9. The van der Waals surface area contributed by atoms with Gasteiger partial charge in [-0.1, -0.05) is 18.2 Å². The van der Waals surface area contributed by atoms with Crippen LogP contribution in [0, 0.1) is 0 Å². The second-order valence-electron chi connectivity index (χ2n) is 4.56. The van der Waals surface area contributed by atoms with Crippen LogP contribution in [-0.4, -0.2) is 24.2 Å². The van der Waals surface area contributed by atoms with E-state index in [0.29, 0.717) is 6.61 Å². The van der Waals surface area contributed by atoms with E-state index >= 15 is 0 Å². The summed E-state index contributed by atoms with van der Waals surface area (Å²) in [6.07, 6.45) is -4.33. The predicted molar refractivity (Wildman–Crippen MR) is 61.7 cm³/mol. The van der Waals surface area contributed by atoms with Crippen LogP contribution >= 0.6 is 0 Å². The van der Waals surface area contributed by atoms with Crippen LogP contribution in [-0.2, 0) is 10.3 Å². The molecule has 1 fully saturated rings. The topological polar surface area (TPSA) is 38.7 Å². The number of para-hydroxylation sites is 1. The molecule has 3 nitrogen and oxygen atoms in total. The number of halogens is 3. The lowest BCUT2D eigenvalue weighted by Gasteiger charge is -2.44. The minimum Gasteiger partial charge on any atom is -0.405 e. The highest BCUT2D eigenvalue weighted by Crippen LogP contribution is 2.46. The molecule has 1 aromatic rings. The molecule has 0 saturated heterocycles. The van der Waals surface area contributed by atoms with Crippen LogP contribution in [0.4, 0.5) is 13.2 Å². The van der Waals surface area contributed by atoms with Crippen molar-refractivity contribution >= 4 is 0 Å². The summed E-state index contributed by atoms with van der Waals surface area (Å²) >= 11 is 0. The number of aliphatic hydroxyl groups is 1. The highest BCUT2D eigenvalue weighted by Gasteiger charge is 2.47. The molecule has 0 aliphatic heterocycles. The maximum absolute atomic E-state index is 12.3. The molecule has 0 spiro atoms. The average Bonchev–Trinajstić information content (AvgIpc) is 2.25. The summed E-state index contributed by atoms with van der Waals surface area (Å²) < 4.78 is 46.2. The Labute approximate surface area is 108 Å². The number of alkyl halides is 3. The molecule has 1 N–H and O–H groups in total. The van der Waals surface area contributed by atoms with Gasteiger partial charge in [0.05, 0.1) is 11.7 Å². The monoisotopic (exact) mass is 276 g/mol. The number of hydrogen-bond donors (Lipinski definition) is 1. The van der Waals surface area contributed by atoms with E-state index < -0.39 is 12.0 Å². The van der Waals surface area contributed by atoms with E-state index in [1.54, 1.807) is 6.07 Å². The van der Waals surface area contributed by atoms with E-state index in [9.17, 15) is 18.3 Å². The van der Waals surface area contributed by atoms with Crippen molar-refractivity contribution in [2.24, 2.45) is 0 Å². The van der Waals surface area contributed by atoms with Gasteiger partial charge in [0.25, 0.3) is 0 Å². The van der Waals surface area contributed by atoms with Gasteiger partial charge in [0.1, 0.15) is 5.75 Å². The fourth-order valence-corrected chi connectivity index (χ4v) is 2.33. The predicted octanol–water partition coefficient (Wildman–Crippen LogP) is 2.97. The molecule has 1 aliphatic rings. The minimum absolute atomic E-state index is 0.117. The van der Waals surface area contributed by atoms with E-state index in [-0.39, 0.29) is 30.3 Å². The molecule has 0 aromatic heterocycles. The summed E-state index contributed by atoms with van der Waals surface area (Å²) in [5.41, 5.74) is -1.15.